The summed E-state index contributed by atoms with van der Waals surface area (Å²) >= 11 is 0. The second kappa shape index (κ2) is 14.1. The van der Waals surface area contributed by atoms with Gasteiger partial charge in [0.15, 0.2) is 0 Å². The molecule has 7 nitrogen and oxygen atoms in total. The number of nitrogens with one attached hydrogen (secondary N) is 2. The molecule has 11 heteroatoms. The molecule has 3 saturated heterocycles. The monoisotopic (exact) mass is 648 g/mol. The number of hydrogen-bond donors (Lipinski definition) is 2. The number of benzene rings is 2. The number of nitrogens with zero attached hydrogens (tertiary/aromatic N) is 2. The third kappa shape index (κ3) is 6.71. The number of aromatic nitrogens is 1. The third-order valence-electron chi connectivity index (χ3n) is 9.56. The standard InChI is InChI=1S/C33H38F2N4O3.2ClH/c34-23-15-26(35)32-22(20-42-31(32)16-23)19-41-30-8-3-6-27-25(30)17-28(37-27)33(40)36-24-9-13-38(14-10-24)18-21-5-4-12-39-11-2-1-7-29(21)39;;/h3,6,8,15-17,20-21,24,29,37H,1-2,4-5,7,9-14,18-19H2,(H,36,40);2*1H/t21-,29+;;/m0../s1. The van der Waals surface area contributed by atoms with Crippen molar-refractivity contribution < 1.29 is 22.7 Å². The number of furan rings is 1. The number of halogens is 4. The van der Waals surface area contributed by atoms with Gasteiger partial charge in [0.05, 0.1) is 11.6 Å². The van der Waals surface area contributed by atoms with Crippen molar-refractivity contribution in [2.75, 3.05) is 32.7 Å². The number of amides is 1. The van der Waals surface area contributed by atoms with E-state index < -0.39 is 11.6 Å². The quantitative estimate of drug-likeness (QED) is 0.224. The molecule has 2 aromatic carbocycles. The summed E-state index contributed by atoms with van der Waals surface area (Å²) in [5, 5.41) is 4.21. The lowest BCUT2D eigenvalue weighted by Crippen LogP contribution is -2.52. The van der Waals surface area contributed by atoms with Gasteiger partial charge in [-0.1, -0.05) is 12.5 Å². The van der Waals surface area contributed by atoms with E-state index in [9.17, 15) is 13.6 Å². The van der Waals surface area contributed by atoms with Gasteiger partial charge in [0.25, 0.3) is 5.91 Å². The molecule has 0 spiro atoms. The van der Waals surface area contributed by atoms with Crippen LogP contribution >= 0.6 is 24.8 Å². The Balaban J connectivity index is 0.00000192. The van der Waals surface area contributed by atoms with Crippen LogP contribution in [0.15, 0.2) is 47.1 Å². The van der Waals surface area contributed by atoms with E-state index in [1.54, 1.807) is 6.07 Å². The van der Waals surface area contributed by atoms with Crippen molar-refractivity contribution in [3.63, 3.8) is 0 Å². The van der Waals surface area contributed by atoms with Crippen LogP contribution in [0.3, 0.4) is 0 Å². The number of ether oxygens (including phenoxy) is 1. The van der Waals surface area contributed by atoms with Crippen LogP contribution in [0, 0.1) is 17.6 Å². The molecule has 4 aromatic rings. The second-order valence-electron chi connectivity index (χ2n) is 12.3. The molecule has 0 unspecified atom stereocenters. The highest BCUT2D eigenvalue weighted by Crippen LogP contribution is 2.33. The minimum absolute atomic E-state index is 0. The van der Waals surface area contributed by atoms with Gasteiger partial charge in [-0.25, -0.2) is 8.78 Å². The molecule has 3 fully saturated rings. The summed E-state index contributed by atoms with van der Waals surface area (Å²) in [6.45, 7) is 5.83. The van der Waals surface area contributed by atoms with Gasteiger partial charge >= 0.3 is 0 Å². The van der Waals surface area contributed by atoms with Crippen LogP contribution in [0.4, 0.5) is 8.78 Å². The molecule has 3 aliphatic heterocycles. The van der Waals surface area contributed by atoms with E-state index >= 15 is 0 Å². The average molecular weight is 650 g/mol. The zero-order valence-electron chi connectivity index (χ0n) is 24.7. The van der Waals surface area contributed by atoms with Gasteiger partial charge in [0.1, 0.15) is 35.3 Å². The Bertz CT molecular complexity index is 1580. The van der Waals surface area contributed by atoms with Gasteiger partial charge in [0, 0.05) is 60.3 Å². The maximum absolute atomic E-state index is 14.4. The van der Waals surface area contributed by atoms with Crippen molar-refractivity contribution in [2.45, 2.75) is 63.6 Å². The van der Waals surface area contributed by atoms with Crippen molar-refractivity contribution >= 4 is 52.6 Å². The average Bonchev–Trinajstić information content (AvgIpc) is 3.62. The molecule has 0 radical (unpaired) electrons. The van der Waals surface area contributed by atoms with Crippen LogP contribution in [0.5, 0.6) is 5.75 Å². The number of aromatic amines is 1. The van der Waals surface area contributed by atoms with E-state index in [2.05, 4.69) is 20.1 Å². The molecule has 5 heterocycles. The summed E-state index contributed by atoms with van der Waals surface area (Å²) in [6.07, 6.45) is 10.1. The molecule has 44 heavy (non-hydrogen) atoms. The zero-order valence-corrected chi connectivity index (χ0v) is 26.3. The first-order valence-electron chi connectivity index (χ1n) is 15.4. The smallest absolute Gasteiger partial charge is 0.267 e. The minimum Gasteiger partial charge on any atom is -0.488 e. The summed E-state index contributed by atoms with van der Waals surface area (Å²) in [5.74, 6) is -0.155. The number of piperidine rings is 3. The van der Waals surface area contributed by atoms with Gasteiger partial charge in [-0.15, -0.1) is 24.8 Å². The van der Waals surface area contributed by atoms with Crippen LogP contribution in [0.1, 0.15) is 61.0 Å². The first-order valence-corrected chi connectivity index (χ1v) is 15.4. The fraction of sp³-hybridized carbons (Fsp3) is 0.485. The van der Waals surface area contributed by atoms with Crippen LogP contribution in [-0.4, -0.2) is 65.5 Å². The molecule has 0 saturated carbocycles. The Kier molecular flexibility index (Phi) is 10.4. The number of likely N-dealkylation sites (tertiary alicyclic amines) is 1. The molecule has 2 N–H and O–H groups in total. The van der Waals surface area contributed by atoms with Gasteiger partial charge in [-0.05, 0) is 75.7 Å². The highest BCUT2D eigenvalue weighted by molar-refractivity contribution is 5.99. The van der Waals surface area contributed by atoms with E-state index in [-0.39, 0.29) is 54.3 Å². The van der Waals surface area contributed by atoms with Gasteiger partial charge in [-0.2, -0.15) is 0 Å². The molecule has 0 aliphatic carbocycles. The number of carbonyl (C=O) groups is 1. The highest BCUT2D eigenvalue weighted by Gasteiger charge is 2.34. The number of rotatable bonds is 7. The molecule has 2 aromatic heterocycles. The topological polar surface area (TPSA) is 73.7 Å². The summed E-state index contributed by atoms with van der Waals surface area (Å²) in [4.78, 5) is 21.8. The zero-order chi connectivity index (χ0) is 28.6. The number of fused-ring (bicyclic) bond motifs is 3. The van der Waals surface area contributed by atoms with E-state index in [1.165, 1.54) is 58.0 Å². The second-order valence-corrected chi connectivity index (χ2v) is 12.3. The van der Waals surface area contributed by atoms with Crippen molar-refractivity contribution in [3.8, 4) is 5.75 Å². The fourth-order valence-corrected chi connectivity index (χ4v) is 7.43. The number of hydrogen-bond acceptors (Lipinski definition) is 5. The van der Waals surface area contributed by atoms with E-state index in [0.29, 0.717) is 17.0 Å². The normalized spacial score (nSPS) is 21.4. The SMILES string of the molecule is Cl.Cl.O=C(NC1CCN(C[C@@H]2CCCN3CCCC[C@H]23)CC1)c1cc2c(OCc3coc4cc(F)cc(F)c34)cccc2[nH]1. The van der Waals surface area contributed by atoms with E-state index in [1.807, 2.05) is 18.2 Å². The van der Waals surface area contributed by atoms with Crippen molar-refractivity contribution in [1.29, 1.82) is 0 Å². The molecular formula is C33H40Cl2F2N4O3. The molecular weight excluding hydrogens is 609 g/mol. The maximum atomic E-state index is 14.4. The Labute approximate surface area is 268 Å². The van der Waals surface area contributed by atoms with Gasteiger partial charge < -0.3 is 29.3 Å². The number of carbonyl (C=O) groups excluding carboxylic acids is 1. The predicted octanol–water partition coefficient (Wildman–Crippen LogP) is 7.07. The van der Waals surface area contributed by atoms with Crippen LogP contribution < -0.4 is 10.1 Å². The molecule has 238 valence electrons. The first kappa shape index (κ1) is 32.5. The number of H-pyrrole nitrogens is 1. The van der Waals surface area contributed by atoms with Crippen molar-refractivity contribution in [3.05, 3.63) is 65.6 Å². The third-order valence-corrected chi connectivity index (χ3v) is 9.56. The van der Waals surface area contributed by atoms with Crippen LogP contribution in [0.2, 0.25) is 0 Å². The predicted molar refractivity (Wildman–Crippen MR) is 172 cm³/mol. The summed E-state index contributed by atoms with van der Waals surface area (Å²) in [7, 11) is 0. The molecule has 3 aliphatic rings. The fourth-order valence-electron chi connectivity index (χ4n) is 7.43. The minimum atomic E-state index is -0.689. The Morgan fingerprint density at radius 1 is 1.00 bits per heavy atom. The lowest BCUT2D eigenvalue weighted by molar-refractivity contribution is 0.0351. The van der Waals surface area contributed by atoms with Gasteiger partial charge in [0.2, 0.25) is 0 Å². The first-order chi connectivity index (χ1) is 20.5. The Morgan fingerprint density at radius 2 is 1.82 bits per heavy atom. The van der Waals surface area contributed by atoms with Crippen molar-refractivity contribution in [2.24, 2.45) is 5.92 Å². The Morgan fingerprint density at radius 3 is 2.66 bits per heavy atom. The Hall–Kier alpha value is -2.85. The van der Waals surface area contributed by atoms with Crippen LogP contribution in [0.25, 0.3) is 21.9 Å². The van der Waals surface area contributed by atoms with E-state index in [0.717, 1.165) is 60.9 Å². The lowest BCUT2D eigenvalue weighted by atomic mass is 9.83. The molecule has 7 rings (SSSR count). The largest absolute Gasteiger partial charge is 0.488 e. The van der Waals surface area contributed by atoms with Crippen molar-refractivity contribution in [1.82, 2.24) is 20.1 Å². The lowest BCUT2D eigenvalue weighted by Gasteiger charge is -2.46. The molecule has 2 atom stereocenters. The van der Waals surface area contributed by atoms with Gasteiger partial charge in [-0.3, -0.25) is 4.79 Å². The summed E-state index contributed by atoms with van der Waals surface area (Å²) in [6, 6.07) is 10.3. The van der Waals surface area contributed by atoms with Crippen LogP contribution in [-0.2, 0) is 6.61 Å². The highest BCUT2D eigenvalue weighted by atomic mass is 35.5. The summed E-state index contributed by atoms with van der Waals surface area (Å²) in [5.41, 5.74) is 1.89. The maximum Gasteiger partial charge on any atom is 0.267 e. The molecule has 0 bridgehead atoms. The molecule has 1 amide bonds. The van der Waals surface area contributed by atoms with E-state index in [4.69, 9.17) is 9.15 Å². The summed E-state index contributed by atoms with van der Waals surface area (Å²) < 4.78 is 39.3.